The van der Waals surface area contributed by atoms with Gasteiger partial charge in [0.1, 0.15) is 11.6 Å². The molecule has 84 valence electrons. The summed E-state index contributed by atoms with van der Waals surface area (Å²) in [6.07, 6.45) is 0. The smallest absolute Gasteiger partial charge is 0.163 e. The first-order valence-corrected chi connectivity index (χ1v) is 5.37. The molecule has 1 aromatic heterocycles. The topological polar surface area (TPSA) is 30.7 Å². The molecule has 0 saturated heterocycles. The quantitative estimate of drug-likeness (QED) is 0.755. The van der Waals surface area contributed by atoms with Gasteiger partial charge in [0.15, 0.2) is 5.82 Å². The number of aryl methyl sites for hydroxylation is 1. The van der Waals surface area contributed by atoms with E-state index in [1.54, 1.807) is 6.07 Å². The normalized spacial score (nSPS) is 10.8. The molecule has 1 heterocycles. The second-order valence-electron chi connectivity index (χ2n) is 3.59. The molecule has 2 aromatic rings. The van der Waals surface area contributed by atoms with Crippen molar-refractivity contribution in [2.24, 2.45) is 7.05 Å². The summed E-state index contributed by atoms with van der Waals surface area (Å²) in [6, 6.07) is 4.59. The maximum absolute atomic E-state index is 13.0. The molecule has 0 atom stereocenters. The molecule has 16 heavy (non-hydrogen) atoms. The van der Waals surface area contributed by atoms with E-state index < -0.39 is 0 Å². The van der Waals surface area contributed by atoms with E-state index in [1.807, 2.05) is 18.5 Å². The molecule has 5 heteroatoms. The average molecular weight is 240 g/mol. The monoisotopic (exact) mass is 239 g/mol. The Morgan fingerprint density at radius 3 is 2.69 bits per heavy atom. The van der Waals surface area contributed by atoms with Gasteiger partial charge in [-0.05, 0) is 30.7 Å². The van der Waals surface area contributed by atoms with Gasteiger partial charge in [0.25, 0.3) is 0 Å². The number of alkyl halides is 1. The molecule has 1 aromatic carbocycles. The fourth-order valence-corrected chi connectivity index (χ4v) is 1.82. The van der Waals surface area contributed by atoms with Gasteiger partial charge < -0.3 is 4.57 Å². The van der Waals surface area contributed by atoms with Gasteiger partial charge in [-0.2, -0.15) is 0 Å². The fourth-order valence-electron chi connectivity index (χ4n) is 1.59. The number of aromatic nitrogens is 3. The first kappa shape index (κ1) is 11.1. The van der Waals surface area contributed by atoms with Crippen LogP contribution in [0.2, 0.25) is 0 Å². The van der Waals surface area contributed by atoms with Gasteiger partial charge >= 0.3 is 0 Å². The maximum Gasteiger partial charge on any atom is 0.163 e. The van der Waals surface area contributed by atoms with Crippen LogP contribution in [0.5, 0.6) is 0 Å². The minimum absolute atomic E-state index is 0.249. The molecule has 2 rings (SSSR count). The Kier molecular flexibility index (Phi) is 2.92. The summed E-state index contributed by atoms with van der Waals surface area (Å²) in [5.41, 5.74) is 1.70. The molecule has 0 bridgehead atoms. The van der Waals surface area contributed by atoms with Crippen molar-refractivity contribution in [1.29, 1.82) is 0 Å². The maximum atomic E-state index is 13.0. The lowest BCUT2D eigenvalue weighted by Gasteiger charge is -2.05. The Bertz CT molecular complexity index is 522. The van der Waals surface area contributed by atoms with Crippen molar-refractivity contribution < 1.29 is 4.39 Å². The Morgan fingerprint density at radius 2 is 2.12 bits per heavy atom. The molecule has 0 unspecified atom stereocenters. The molecule has 0 saturated carbocycles. The van der Waals surface area contributed by atoms with Crippen molar-refractivity contribution in [3.05, 3.63) is 35.4 Å². The van der Waals surface area contributed by atoms with Crippen LogP contribution in [0.25, 0.3) is 11.4 Å². The van der Waals surface area contributed by atoms with Crippen LogP contribution in [-0.4, -0.2) is 14.8 Å². The van der Waals surface area contributed by atoms with E-state index in [0.717, 1.165) is 11.1 Å². The Labute approximate surface area is 97.9 Å². The average Bonchev–Trinajstić information content (AvgIpc) is 2.60. The Hall–Kier alpha value is -1.42. The zero-order valence-corrected chi connectivity index (χ0v) is 9.79. The lowest BCUT2D eigenvalue weighted by molar-refractivity contribution is 0.626. The van der Waals surface area contributed by atoms with Gasteiger partial charge in [-0.1, -0.05) is 0 Å². The third-order valence-electron chi connectivity index (χ3n) is 2.51. The van der Waals surface area contributed by atoms with Crippen molar-refractivity contribution in [2.75, 3.05) is 0 Å². The highest BCUT2D eigenvalue weighted by atomic mass is 35.5. The molecule has 0 spiro atoms. The van der Waals surface area contributed by atoms with Gasteiger partial charge in [0.05, 0.1) is 5.88 Å². The van der Waals surface area contributed by atoms with Crippen molar-refractivity contribution in [3.63, 3.8) is 0 Å². The van der Waals surface area contributed by atoms with Crippen LogP contribution in [0.1, 0.15) is 11.4 Å². The number of nitrogens with zero attached hydrogens (tertiary/aromatic N) is 3. The minimum atomic E-state index is -0.249. The van der Waals surface area contributed by atoms with Crippen LogP contribution in [-0.2, 0) is 12.9 Å². The molecular formula is C11H11ClFN3. The molecule has 0 amide bonds. The molecule has 0 aliphatic heterocycles. The first-order chi connectivity index (χ1) is 7.63. The van der Waals surface area contributed by atoms with Gasteiger partial charge in [-0.3, -0.25) is 0 Å². The number of rotatable bonds is 2. The molecule has 0 N–H and O–H groups in total. The summed E-state index contributed by atoms with van der Waals surface area (Å²) in [5, 5.41) is 8.01. The number of halogens is 2. The largest absolute Gasteiger partial charge is 0.313 e. The second kappa shape index (κ2) is 4.22. The number of hydrogen-bond acceptors (Lipinski definition) is 2. The highest BCUT2D eigenvalue weighted by molar-refractivity contribution is 6.16. The van der Waals surface area contributed by atoms with Crippen molar-refractivity contribution >= 4 is 11.6 Å². The van der Waals surface area contributed by atoms with E-state index in [1.165, 1.54) is 12.1 Å². The van der Waals surface area contributed by atoms with E-state index in [2.05, 4.69) is 10.2 Å². The van der Waals surface area contributed by atoms with Crippen LogP contribution in [0.3, 0.4) is 0 Å². The van der Waals surface area contributed by atoms with Crippen LogP contribution in [0.4, 0.5) is 4.39 Å². The molecule has 0 aliphatic rings. The summed E-state index contributed by atoms with van der Waals surface area (Å²) in [6.45, 7) is 1.84. The Balaban J connectivity index is 2.54. The fraction of sp³-hybridized carbons (Fsp3) is 0.273. The van der Waals surface area contributed by atoms with Gasteiger partial charge in [-0.15, -0.1) is 21.8 Å². The van der Waals surface area contributed by atoms with E-state index in [-0.39, 0.29) is 5.82 Å². The molecule has 0 fully saturated rings. The molecule has 0 radical (unpaired) electrons. The van der Waals surface area contributed by atoms with Crippen molar-refractivity contribution in [1.82, 2.24) is 14.8 Å². The lowest BCUT2D eigenvalue weighted by Crippen LogP contribution is -1.98. The number of benzene rings is 1. The predicted molar refractivity (Wildman–Crippen MR) is 60.7 cm³/mol. The molecule has 3 nitrogen and oxygen atoms in total. The number of hydrogen-bond donors (Lipinski definition) is 0. The standard InChI is InChI=1S/C11H11ClFN3/c1-7-5-8(13)3-4-9(7)11-15-14-10(6-12)16(11)2/h3-5H,6H2,1-2H3. The summed E-state index contributed by atoms with van der Waals surface area (Å²) >= 11 is 5.71. The predicted octanol–water partition coefficient (Wildman–Crippen LogP) is 2.67. The van der Waals surface area contributed by atoms with Gasteiger partial charge in [0.2, 0.25) is 0 Å². The van der Waals surface area contributed by atoms with Crippen molar-refractivity contribution in [3.8, 4) is 11.4 Å². The molecular weight excluding hydrogens is 229 g/mol. The van der Waals surface area contributed by atoms with Crippen LogP contribution in [0, 0.1) is 12.7 Å². The van der Waals surface area contributed by atoms with Gasteiger partial charge in [-0.25, -0.2) is 4.39 Å². The highest BCUT2D eigenvalue weighted by Crippen LogP contribution is 2.22. The first-order valence-electron chi connectivity index (χ1n) is 4.84. The summed E-state index contributed by atoms with van der Waals surface area (Å²) in [4.78, 5) is 0. The highest BCUT2D eigenvalue weighted by Gasteiger charge is 2.12. The SMILES string of the molecule is Cc1cc(F)ccc1-c1nnc(CCl)n1C. The van der Waals surface area contributed by atoms with E-state index in [0.29, 0.717) is 17.5 Å². The lowest BCUT2D eigenvalue weighted by atomic mass is 10.1. The minimum Gasteiger partial charge on any atom is -0.313 e. The van der Waals surface area contributed by atoms with E-state index in [9.17, 15) is 4.39 Å². The van der Waals surface area contributed by atoms with Crippen LogP contribution < -0.4 is 0 Å². The summed E-state index contributed by atoms with van der Waals surface area (Å²) in [5.74, 6) is 1.46. The second-order valence-corrected chi connectivity index (χ2v) is 3.86. The van der Waals surface area contributed by atoms with Crippen LogP contribution >= 0.6 is 11.6 Å². The van der Waals surface area contributed by atoms with Crippen molar-refractivity contribution in [2.45, 2.75) is 12.8 Å². The zero-order chi connectivity index (χ0) is 11.7. The van der Waals surface area contributed by atoms with Crippen LogP contribution in [0.15, 0.2) is 18.2 Å². The van der Waals surface area contributed by atoms with E-state index in [4.69, 9.17) is 11.6 Å². The molecule has 0 aliphatic carbocycles. The summed E-state index contributed by atoms with van der Waals surface area (Å²) in [7, 11) is 1.84. The summed E-state index contributed by atoms with van der Waals surface area (Å²) < 4.78 is 14.8. The third kappa shape index (κ3) is 1.80. The van der Waals surface area contributed by atoms with Gasteiger partial charge in [0, 0.05) is 12.6 Å². The van der Waals surface area contributed by atoms with E-state index >= 15 is 0 Å². The zero-order valence-electron chi connectivity index (χ0n) is 9.04. The third-order valence-corrected chi connectivity index (χ3v) is 2.75. The Morgan fingerprint density at radius 1 is 1.38 bits per heavy atom.